The molecule has 0 unspecified atom stereocenters. The summed E-state index contributed by atoms with van der Waals surface area (Å²) in [4.78, 5) is 4.73. The Morgan fingerprint density at radius 1 is 1.41 bits per heavy atom. The zero-order chi connectivity index (χ0) is 11.3. The van der Waals surface area contributed by atoms with Gasteiger partial charge in [0.05, 0.1) is 23.8 Å². The topological polar surface area (TPSA) is 39.1 Å². The van der Waals surface area contributed by atoms with E-state index in [1.165, 1.54) is 37.2 Å². The van der Waals surface area contributed by atoms with Crippen molar-refractivity contribution >= 4 is 0 Å². The molecule has 1 aliphatic carbocycles. The first-order valence-electron chi connectivity index (χ1n) is 6.75. The van der Waals surface area contributed by atoms with Gasteiger partial charge in [0, 0.05) is 25.8 Å². The number of hydrogen-bond donors (Lipinski definition) is 1. The van der Waals surface area contributed by atoms with Gasteiger partial charge in [-0.25, -0.2) is 4.98 Å². The van der Waals surface area contributed by atoms with Gasteiger partial charge < -0.3 is 14.6 Å². The molecule has 0 spiro atoms. The SMILES string of the molecule is c1nc(C23CCC(CC2)OC3)n2c1CNCC2. The summed E-state index contributed by atoms with van der Waals surface area (Å²) in [5, 5.41) is 3.41. The van der Waals surface area contributed by atoms with Crippen molar-refractivity contribution in [3.8, 4) is 0 Å². The number of fused-ring (bicyclic) bond motifs is 4. The maximum atomic E-state index is 5.93. The third kappa shape index (κ3) is 1.40. The number of nitrogens with zero attached hydrogens (tertiary/aromatic N) is 2. The molecule has 3 fully saturated rings. The summed E-state index contributed by atoms with van der Waals surface area (Å²) in [7, 11) is 0. The summed E-state index contributed by atoms with van der Waals surface area (Å²) in [5.41, 5.74) is 1.57. The molecule has 92 valence electrons. The van der Waals surface area contributed by atoms with Crippen LogP contribution in [0.3, 0.4) is 0 Å². The molecule has 0 atom stereocenters. The standard InChI is InChI=1S/C13H19N3O/c1-3-13(4-2-11(1)17-9-13)12-15-8-10-7-14-5-6-16(10)12/h8,11,14H,1-7,9H2. The number of rotatable bonds is 1. The second kappa shape index (κ2) is 3.56. The first-order valence-corrected chi connectivity index (χ1v) is 6.75. The normalized spacial score (nSPS) is 35.9. The van der Waals surface area contributed by atoms with Crippen molar-refractivity contribution < 1.29 is 4.74 Å². The Morgan fingerprint density at radius 2 is 2.29 bits per heavy atom. The average Bonchev–Trinajstić information content (AvgIpc) is 2.85. The van der Waals surface area contributed by atoms with E-state index in [4.69, 9.17) is 9.72 Å². The van der Waals surface area contributed by atoms with Gasteiger partial charge in [-0.15, -0.1) is 0 Å². The Kier molecular flexibility index (Phi) is 2.11. The van der Waals surface area contributed by atoms with Gasteiger partial charge in [0.25, 0.3) is 0 Å². The van der Waals surface area contributed by atoms with Crippen molar-refractivity contribution in [3.63, 3.8) is 0 Å². The molecule has 4 heterocycles. The number of nitrogens with one attached hydrogen (secondary N) is 1. The van der Waals surface area contributed by atoms with Crippen molar-refractivity contribution in [1.29, 1.82) is 0 Å². The van der Waals surface area contributed by atoms with E-state index in [0.29, 0.717) is 6.10 Å². The fourth-order valence-corrected chi connectivity index (χ4v) is 3.65. The lowest BCUT2D eigenvalue weighted by atomic mass is 9.70. The molecule has 4 nitrogen and oxygen atoms in total. The Balaban J connectivity index is 1.76. The predicted octanol–water partition coefficient (Wildman–Crippen LogP) is 1.20. The Hall–Kier alpha value is -0.870. The van der Waals surface area contributed by atoms with Crippen LogP contribution in [0.5, 0.6) is 0 Å². The summed E-state index contributed by atoms with van der Waals surface area (Å²) < 4.78 is 8.36. The largest absolute Gasteiger partial charge is 0.377 e. The van der Waals surface area contributed by atoms with Gasteiger partial charge in [-0.2, -0.15) is 0 Å². The van der Waals surface area contributed by atoms with Crippen molar-refractivity contribution in [2.24, 2.45) is 0 Å². The summed E-state index contributed by atoms with van der Waals surface area (Å²) >= 11 is 0. The van der Waals surface area contributed by atoms with E-state index in [2.05, 4.69) is 16.1 Å². The minimum absolute atomic E-state index is 0.227. The molecule has 1 aromatic heterocycles. The summed E-state index contributed by atoms with van der Waals surface area (Å²) in [6.07, 6.45) is 7.57. The molecule has 1 saturated carbocycles. The molecule has 4 heteroatoms. The second-order valence-corrected chi connectivity index (χ2v) is 5.69. The van der Waals surface area contributed by atoms with E-state index in [0.717, 1.165) is 26.2 Å². The van der Waals surface area contributed by atoms with E-state index in [1.807, 2.05) is 0 Å². The minimum atomic E-state index is 0.227. The van der Waals surface area contributed by atoms with Crippen molar-refractivity contribution in [2.45, 2.75) is 50.3 Å². The fraction of sp³-hybridized carbons (Fsp3) is 0.769. The van der Waals surface area contributed by atoms with Crippen molar-refractivity contribution in [3.05, 3.63) is 17.7 Å². The molecule has 5 rings (SSSR count). The van der Waals surface area contributed by atoms with Crippen LogP contribution in [0.2, 0.25) is 0 Å². The highest BCUT2D eigenvalue weighted by molar-refractivity contribution is 5.19. The maximum absolute atomic E-state index is 5.93. The van der Waals surface area contributed by atoms with Gasteiger partial charge in [0.1, 0.15) is 5.82 Å². The van der Waals surface area contributed by atoms with Crippen LogP contribution in [-0.2, 0) is 23.2 Å². The third-order valence-corrected chi connectivity index (χ3v) is 4.72. The Morgan fingerprint density at radius 3 is 3.06 bits per heavy atom. The number of hydrogen-bond acceptors (Lipinski definition) is 3. The molecule has 4 aliphatic rings. The molecule has 2 saturated heterocycles. The zero-order valence-electron chi connectivity index (χ0n) is 10.1. The molecule has 0 radical (unpaired) electrons. The monoisotopic (exact) mass is 233 g/mol. The van der Waals surface area contributed by atoms with Gasteiger partial charge in [-0.3, -0.25) is 0 Å². The van der Waals surface area contributed by atoms with Crippen LogP contribution in [0, 0.1) is 0 Å². The quantitative estimate of drug-likeness (QED) is 0.792. The lowest BCUT2D eigenvalue weighted by Gasteiger charge is -2.46. The van der Waals surface area contributed by atoms with E-state index in [9.17, 15) is 0 Å². The van der Waals surface area contributed by atoms with Crippen molar-refractivity contribution in [1.82, 2.24) is 14.9 Å². The lowest BCUT2D eigenvalue weighted by molar-refractivity contribution is -0.0831. The molecular weight excluding hydrogens is 214 g/mol. The summed E-state index contributed by atoms with van der Waals surface area (Å²) in [6, 6.07) is 0. The highest BCUT2D eigenvalue weighted by atomic mass is 16.5. The molecule has 3 aliphatic heterocycles. The van der Waals surface area contributed by atoms with Gasteiger partial charge in [-0.05, 0) is 25.7 Å². The maximum Gasteiger partial charge on any atom is 0.117 e. The highest BCUT2D eigenvalue weighted by Gasteiger charge is 2.45. The molecule has 0 aromatic carbocycles. The summed E-state index contributed by atoms with van der Waals surface area (Å²) in [5.74, 6) is 1.30. The molecule has 0 amide bonds. The molecular formula is C13H19N3O. The van der Waals surface area contributed by atoms with Gasteiger partial charge in [-0.1, -0.05) is 0 Å². The van der Waals surface area contributed by atoms with Gasteiger partial charge in [0.15, 0.2) is 0 Å². The van der Waals surface area contributed by atoms with Crippen LogP contribution < -0.4 is 5.32 Å². The van der Waals surface area contributed by atoms with E-state index >= 15 is 0 Å². The van der Waals surface area contributed by atoms with Crippen LogP contribution in [0.15, 0.2) is 6.20 Å². The van der Waals surface area contributed by atoms with E-state index in [-0.39, 0.29) is 5.41 Å². The van der Waals surface area contributed by atoms with Crippen molar-refractivity contribution in [2.75, 3.05) is 13.2 Å². The Bertz CT molecular complexity index is 418. The van der Waals surface area contributed by atoms with Crippen LogP contribution >= 0.6 is 0 Å². The average molecular weight is 233 g/mol. The van der Waals surface area contributed by atoms with Crippen LogP contribution in [0.4, 0.5) is 0 Å². The highest BCUT2D eigenvalue weighted by Crippen LogP contribution is 2.45. The zero-order valence-corrected chi connectivity index (χ0v) is 10.1. The Labute approximate surface area is 101 Å². The molecule has 1 aromatic rings. The summed E-state index contributed by atoms with van der Waals surface area (Å²) in [6.45, 7) is 3.99. The number of imidazole rings is 1. The smallest absolute Gasteiger partial charge is 0.117 e. The van der Waals surface area contributed by atoms with Crippen LogP contribution in [-0.4, -0.2) is 28.8 Å². The third-order valence-electron chi connectivity index (χ3n) is 4.72. The van der Waals surface area contributed by atoms with Crippen LogP contribution in [0.25, 0.3) is 0 Å². The molecule has 2 bridgehead atoms. The first kappa shape index (κ1) is 10.1. The fourth-order valence-electron chi connectivity index (χ4n) is 3.65. The lowest BCUT2D eigenvalue weighted by Crippen LogP contribution is -2.47. The van der Waals surface area contributed by atoms with Gasteiger partial charge >= 0.3 is 0 Å². The molecule has 1 N–H and O–H groups in total. The first-order chi connectivity index (χ1) is 8.37. The molecule has 17 heavy (non-hydrogen) atoms. The predicted molar refractivity (Wildman–Crippen MR) is 63.8 cm³/mol. The number of ether oxygens (including phenoxy) is 1. The van der Waals surface area contributed by atoms with E-state index < -0.39 is 0 Å². The van der Waals surface area contributed by atoms with Gasteiger partial charge in [0.2, 0.25) is 0 Å². The van der Waals surface area contributed by atoms with Crippen LogP contribution in [0.1, 0.15) is 37.2 Å². The number of aromatic nitrogens is 2. The van der Waals surface area contributed by atoms with E-state index in [1.54, 1.807) is 0 Å². The minimum Gasteiger partial charge on any atom is -0.377 e. The second-order valence-electron chi connectivity index (χ2n) is 5.69.